The summed E-state index contributed by atoms with van der Waals surface area (Å²) in [5.41, 5.74) is 0.364. The second kappa shape index (κ2) is 9.69. The second-order valence-corrected chi connectivity index (χ2v) is 6.62. The van der Waals surface area contributed by atoms with Crippen LogP contribution >= 0.6 is 34.8 Å². The summed E-state index contributed by atoms with van der Waals surface area (Å²) in [4.78, 5) is 24.0. The molecule has 144 valence electrons. The van der Waals surface area contributed by atoms with Gasteiger partial charge in [0.15, 0.2) is 12.7 Å². The first-order valence-corrected chi connectivity index (χ1v) is 8.85. The molecule has 2 aromatic rings. The van der Waals surface area contributed by atoms with Crippen molar-refractivity contribution in [3.05, 3.63) is 51.5 Å². The van der Waals surface area contributed by atoms with Crippen LogP contribution in [0, 0.1) is 0 Å². The van der Waals surface area contributed by atoms with Gasteiger partial charge in [-0.25, -0.2) is 4.79 Å². The van der Waals surface area contributed by atoms with Crippen molar-refractivity contribution in [3.8, 4) is 11.5 Å². The molecular formula is C18H16Cl3NO5. The van der Waals surface area contributed by atoms with E-state index in [2.05, 4.69) is 5.32 Å². The van der Waals surface area contributed by atoms with Gasteiger partial charge >= 0.3 is 5.97 Å². The van der Waals surface area contributed by atoms with Crippen molar-refractivity contribution in [2.45, 2.75) is 13.0 Å². The predicted octanol–water partition coefficient (Wildman–Crippen LogP) is 4.60. The second-order valence-electron chi connectivity index (χ2n) is 5.34. The fourth-order valence-corrected chi connectivity index (χ4v) is 2.65. The third-order valence-corrected chi connectivity index (χ3v) is 4.08. The van der Waals surface area contributed by atoms with Crippen molar-refractivity contribution >= 4 is 52.4 Å². The van der Waals surface area contributed by atoms with E-state index in [1.54, 1.807) is 18.2 Å². The van der Waals surface area contributed by atoms with Crippen molar-refractivity contribution < 1.29 is 23.8 Å². The minimum absolute atomic E-state index is 0.257. The lowest BCUT2D eigenvalue weighted by Crippen LogP contribution is -2.29. The van der Waals surface area contributed by atoms with Gasteiger partial charge in [0, 0.05) is 10.0 Å². The van der Waals surface area contributed by atoms with Crippen LogP contribution in [-0.2, 0) is 14.3 Å². The third kappa shape index (κ3) is 6.20. The Morgan fingerprint density at radius 1 is 1.04 bits per heavy atom. The zero-order valence-corrected chi connectivity index (χ0v) is 16.7. The topological polar surface area (TPSA) is 73.9 Å². The molecule has 2 rings (SSSR count). The number of esters is 1. The Hall–Kier alpha value is -2.15. The molecule has 6 nitrogen and oxygen atoms in total. The molecule has 2 aromatic carbocycles. The summed E-state index contributed by atoms with van der Waals surface area (Å²) >= 11 is 17.7. The standard InChI is InChI=1S/C18H16Cl3NO5/c1-10(27-15-5-3-11(19)7-13(15)21)18(24)26-9-17(23)22-14-8-12(20)4-6-16(14)25-2/h3-8,10H,9H2,1-2H3,(H,22,23)/t10-/m0/s1. The van der Waals surface area contributed by atoms with Gasteiger partial charge in [-0.2, -0.15) is 0 Å². The number of halogens is 3. The largest absolute Gasteiger partial charge is 0.495 e. The molecule has 0 bridgehead atoms. The van der Waals surface area contributed by atoms with E-state index in [4.69, 9.17) is 49.0 Å². The molecule has 0 fully saturated rings. The number of nitrogens with one attached hydrogen (secondary N) is 1. The lowest BCUT2D eigenvalue weighted by atomic mass is 10.3. The van der Waals surface area contributed by atoms with Crippen molar-refractivity contribution in [1.82, 2.24) is 0 Å². The van der Waals surface area contributed by atoms with Gasteiger partial charge in [-0.1, -0.05) is 34.8 Å². The van der Waals surface area contributed by atoms with E-state index in [1.807, 2.05) is 0 Å². The van der Waals surface area contributed by atoms with Crippen molar-refractivity contribution in [2.24, 2.45) is 0 Å². The van der Waals surface area contributed by atoms with E-state index in [1.165, 1.54) is 32.2 Å². The number of benzene rings is 2. The van der Waals surface area contributed by atoms with Crippen LogP contribution in [0.3, 0.4) is 0 Å². The molecule has 0 aromatic heterocycles. The first kappa shape index (κ1) is 21.2. The Kier molecular flexibility index (Phi) is 7.59. The Labute approximate surface area is 171 Å². The maximum atomic E-state index is 12.0. The van der Waals surface area contributed by atoms with E-state index in [0.29, 0.717) is 21.5 Å². The molecule has 1 atom stereocenters. The monoisotopic (exact) mass is 431 g/mol. The normalized spacial score (nSPS) is 11.4. The fourth-order valence-electron chi connectivity index (χ4n) is 2.03. The van der Waals surface area contributed by atoms with Crippen molar-refractivity contribution in [3.63, 3.8) is 0 Å². The van der Waals surface area contributed by atoms with E-state index < -0.39 is 24.6 Å². The lowest BCUT2D eigenvalue weighted by molar-refractivity contribution is -0.153. The highest BCUT2D eigenvalue weighted by Crippen LogP contribution is 2.29. The van der Waals surface area contributed by atoms with Crippen LogP contribution in [0.5, 0.6) is 11.5 Å². The van der Waals surface area contributed by atoms with Crippen LogP contribution in [0.25, 0.3) is 0 Å². The summed E-state index contributed by atoms with van der Waals surface area (Å²) in [6, 6.07) is 9.35. The van der Waals surface area contributed by atoms with Gasteiger partial charge in [0.2, 0.25) is 0 Å². The average molecular weight is 433 g/mol. The highest BCUT2D eigenvalue weighted by Gasteiger charge is 2.19. The molecular weight excluding hydrogens is 417 g/mol. The molecule has 1 N–H and O–H groups in total. The van der Waals surface area contributed by atoms with Crippen LogP contribution in [0.4, 0.5) is 5.69 Å². The van der Waals surface area contributed by atoms with E-state index in [0.717, 1.165) is 0 Å². The number of ether oxygens (including phenoxy) is 3. The summed E-state index contributed by atoms with van der Waals surface area (Å²) in [5.74, 6) is -0.582. The first-order chi connectivity index (χ1) is 12.8. The van der Waals surface area contributed by atoms with Crippen LogP contribution in [0.1, 0.15) is 6.92 Å². The zero-order valence-electron chi connectivity index (χ0n) is 14.4. The summed E-state index contributed by atoms with van der Waals surface area (Å²) in [6.07, 6.45) is -0.975. The molecule has 0 aliphatic rings. The summed E-state index contributed by atoms with van der Waals surface area (Å²) in [7, 11) is 1.46. The van der Waals surface area contributed by atoms with Crippen LogP contribution in [-0.4, -0.2) is 31.7 Å². The molecule has 0 spiro atoms. The number of rotatable bonds is 7. The van der Waals surface area contributed by atoms with Gasteiger partial charge in [0.25, 0.3) is 5.91 Å². The molecule has 0 heterocycles. The molecule has 9 heteroatoms. The summed E-state index contributed by atoms with van der Waals surface area (Å²) in [6.45, 7) is 0.974. The number of carbonyl (C=O) groups excluding carboxylic acids is 2. The SMILES string of the molecule is COc1ccc(Cl)cc1NC(=O)COC(=O)[C@H](C)Oc1ccc(Cl)cc1Cl. The third-order valence-electron chi connectivity index (χ3n) is 3.31. The molecule has 0 unspecified atom stereocenters. The molecule has 0 aliphatic heterocycles. The van der Waals surface area contributed by atoms with E-state index in [-0.39, 0.29) is 10.8 Å². The minimum atomic E-state index is -0.975. The Morgan fingerprint density at radius 3 is 2.30 bits per heavy atom. The predicted molar refractivity (Wildman–Crippen MR) is 104 cm³/mol. The van der Waals surface area contributed by atoms with Gasteiger partial charge in [-0.15, -0.1) is 0 Å². The number of methoxy groups -OCH3 is 1. The average Bonchev–Trinajstić information content (AvgIpc) is 2.62. The number of carbonyl (C=O) groups is 2. The van der Waals surface area contributed by atoms with Crippen LogP contribution in [0.15, 0.2) is 36.4 Å². The first-order valence-electron chi connectivity index (χ1n) is 7.72. The Morgan fingerprint density at radius 2 is 1.67 bits per heavy atom. The van der Waals surface area contributed by atoms with E-state index >= 15 is 0 Å². The van der Waals surface area contributed by atoms with Gasteiger partial charge in [0.05, 0.1) is 17.8 Å². The molecule has 1 amide bonds. The maximum Gasteiger partial charge on any atom is 0.347 e. The van der Waals surface area contributed by atoms with E-state index in [9.17, 15) is 9.59 Å². The smallest absolute Gasteiger partial charge is 0.347 e. The van der Waals surface area contributed by atoms with Gasteiger partial charge < -0.3 is 19.5 Å². The summed E-state index contributed by atoms with van der Waals surface area (Å²) < 4.78 is 15.5. The maximum absolute atomic E-state index is 12.0. The summed E-state index contributed by atoms with van der Waals surface area (Å²) in [5, 5.41) is 3.68. The zero-order chi connectivity index (χ0) is 20.0. The molecule has 0 aliphatic carbocycles. The lowest BCUT2D eigenvalue weighted by Gasteiger charge is -2.15. The Balaban J connectivity index is 1.89. The molecule has 0 saturated heterocycles. The Bertz CT molecular complexity index is 844. The fraction of sp³-hybridized carbons (Fsp3) is 0.222. The van der Waals surface area contributed by atoms with Gasteiger partial charge in [-0.3, -0.25) is 4.79 Å². The minimum Gasteiger partial charge on any atom is -0.495 e. The number of hydrogen-bond donors (Lipinski definition) is 1. The quantitative estimate of drug-likeness (QED) is 0.647. The highest BCUT2D eigenvalue weighted by atomic mass is 35.5. The highest BCUT2D eigenvalue weighted by molar-refractivity contribution is 6.35. The number of hydrogen-bond acceptors (Lipinski definition) is 5. The number of anilines is 1. The number of amides is 1. The van der Waals surface area contributed by atoms with Gasteiger partial charge in [-0.05, 0) is 43.3 Å². The van der Waals surface area contributed by atoms with Gasteiger partial charge in [0.1, 0.15) is 11.5 Å². The van der Waals surface area contributed by atoms with Crippen molar-refractivity contribution in [1.29, 1.82) is 0 Å². The van der Waals surface area contributed by atoms with Crippen molar-refractivity contribution in [2.75, 3.05) is 19.0 Å². The molecule has 0 radical (unpaired) electrons. The molecule has 27 heavy (non-hydrogen) atoms. The van der Waals surface area contributed by atoms with Crippen LogP contribution in [0.2, 0.25) is 15.1 Å². The molecule has 0 saturated carbocycles. The van der Waals surface area contributed by atoms with Crippen LogP contribution < -0.4 is 14.8 Å².